The molecule has 0 atom stereocenters. The number of aliphatic hydroxyl groups is 2. The Morgan fingerprint density at radius 1 is 0.960 bits per heavy atom. The van der Waals surface area contributed by atoms with Crippen molar-refractivity contribution in [2.45, 2.75) is 26.6 Å². The highest BCUT2D eigenvalue weighted by Crippen LogP contribution is 2.14. The second-order valence-electron chi connectivity index (χ2n) is 5.27. The number of oxime groups is 1. The molecule has 2 aromatic rings. The van der Waals surface area contributed by atoms with Gasteiger partial charge < -0.3 is 15.1 Å². The predicted octanol–water partition coefficient (Wildman–Crippen LogP) is 2.48. The lowest BCUT2D eigenvalue weighted by Crippen LogP contribution is -2.16. The zero-order chi connectivity index (χ0) is 18.2. The summed E-state index contributed by atoms with van der Waals surface area (Å²) in [7, 11) is 0. The van der Waals surface area contributed by atoms with E-state index in [-0.39, 0.29) is 25.3 Å². The number of hydrogen-bond donors (Lipinski definition) is 2. The van der Waals surface area contributed by atoms with Crippen LogP contribution in [0.4, 0.5) is 0 Å². The van der Waals surface area contributed by atoms with E-state index in [0.717, 1.165) is 0 Å². The van der Waals surface area contributed by atoms with E-state index < -0.39 is 11.8 Å². The average molecular weight is 341 g/mol. The third-order valence-corrected chi connectivity index (χ3v) is 3.65. The molecule has 2 rings (SSSR count). The number of Topliss-reactive ketones (excluding diaryl/α,β-unsaturated/α-hetero) is 1. The van der Waals surface area contributed by atoms with Gasteiger partial charge in [-0.2, -0.15) is 0 Å². The number of nitrogens with zero attached hydrogens (tertiary/aromatic N) is 1. The molecule has 0 saturated heterocycles. The van der Waals surface area contributed by atoms with E-state index in [0.29, 0.717) is 22.3 Å². The molecule has 0 amide bonds. The summed E-state index contributed by atoms with van der Waals surface area (Å²) in [6.07, 6.45) is 0.275. The fourth-order valence-electron chi connectivity index (χ4n) is 2.23. The zero-order valence-corrected chi connectivity index (χ0v) is 13.8. The van der Waals surface area contributed by atoms with Gasteiger partial charge in [0.05, 0.1) is 18.8 Å². The van der Waals surface area contributed by atoms with Crippen LogP contribution in [0.3, 0.4) is 0 Å². The molecule has 2 aromatic carbocycles. The van der Waals surface area contributed by atoms with Crippen LogP contribution in [0.1, 0.15) is 45.2 Å². The van der Waals surface area contributed by atoms with E-state index in [9.17, 15) is 19.8 Å². The van der Waals surface area contributed by atoms with Crippen LogP contribution in [0.15, 0.2) is 53.7 Å². The number of benzene rings is 2. The minimum absolute atomic E-state index is 0.0879. The van der Waals surface area contributed by atoms with Crippen molar-refractivity contribution in [3.05, 3.63) is 70.8 Å². The third kappa shape index (κ3) is 4.59. The Hall–Kier alpha value is -2.83. The maximum absolute atomic E-state index is 12.5. The SMILES string of the molecule is CC/C(=N\OC(=O)c1ccccc1)C(=O)c1ccc(CO)c(CO)c1. The third-order valence-electron chi connectivity index (χ3n) is 3.65. The monoisotopic (exact) mass is 341 g/mol. The summed E-state index contributed by atoms with van der Waals surface area (Å²) in [5.41, 5.74) is 1.74. The van der Waals surface area contributed by atoms with E-state index >= 15 is 0 Å². The number of rotatable bonds is 7. The van der Waals surface area contributed by atoms with E-state index in [1.807, 2.05) is 0 Å². The average Bonchev–Trinajstić information content (AvgIpc) is 2.68. The van der Waals surface area contributed by atoms with Crippen LogP contribution in [0.2, 0.25) is 0 Å². The molecule has 0 radical (unpaired) electrons. The van der Waals surface area contributed by atoms with E-state index in [2.05, 4.69) is 5.16 Å². The molecule has 0 aliphatic rings. The molecule has 0 spiro atoms. The number of carbonyl (C=O) groups is 2. The maximum Gasteiger partial charge on any atom is 0.365 e. The predicted molar refractivity (Wildman–Crippen MR) is 92.2 cm³/mol. The minimum Gasteiger partial charge on any atom is -0.392 e. The van der Waals surface area contributed by atoms with Gasteiger partial charge >= 0.3 is 5.97 Å². The first-order valence-corrected chi connectivity index (χ1v) is 7.82. The van der Waals surface area contributed by atoms with Gasteiger partial charge in [-0.3, -0.25) is 4.79 Å². The Labute approximate surface area is 145 Å². The first kappa shape index (κ1) is 18.5. The Balaban J connectivity index is 2.19. The molecule has 0 aliphatic carbocycles. The first-order valence-electron chi connectivity index (χ1n) is 7.82. The van der Waals surface area contributed by atoms with Crippen LogP contribution >= 0.6 is 0 Å². The van der Waals surface area contributed by atoms with Crippen molar-refractivity contribution in [2.24, 2.45) is 5.16 Å². The highest BCUT2D eigenvalue weighted by atomic mass is 16.7. The maximum atomic E-state index is 12.5. The zero-order valence-electron chi connectivity index (χ0n) is 13.8. The minimum atomic E-state index is -0.647. The molecule has 25 heavy (non-hydrogen) atoms. The van der Waals surface area contributed by atoms with Crippen molar-refractivity contribution in [2.75, 3.05) is 0 Å². The van der Waals surface area contributed by atoms with Crippen LogP contribution < -0.4 is 0 Å². The van der Waals surface area contributed by atoms with Crippen LogP contribution in [0.5, 0.6) is 0 Å². The summed E-state index contributed by atoms with van der Waals surface area (Å²) in [6, 6.07) is 13.0. The standard InChI is InChI=1S/C19H19NO5/c1-2-17(20-25-19(24)13-6-4-3-5-7-13)18(23)14-8-9-15(11-21)16(10-14)12-22/h3-10,21-22H,2,11-12H2,1H3/b20-17+. The first-order chi connectivity index (χ1) is 12.1. The summed E-state index contributed by atoms with van der Waals surface area (Å²) in [6.45, 7) is 1.20. The van der Waals surface area contributed by atoms with E-state index in [4.69, 9.17) is 4.84 Å². The molecule has 0 heterocycles. The summed E-state index contributed by atoms with van der Waals surface area (Å²) >= 11 is 0. The van der Waals surface area contributed by atoms with Crippen LogP contribution in [-0.4, -0.2) is 27.7 Å². The number of aliphatic hydroxyl groups excluding tert-OH is 2. The topological polar surface area (TPSA) is 96.2 Å². The summed E-state index contributed by atoms with van der Waals surface area (Å²) in [5, 5.41) is 22.2. The van der Waals surface area contributed by atoms with Gasteiger partial charge in [-0.15, -0.1) is 0 Å². The van der Waals surface area contributed by atoms with Crippen molar-refractivity contribution in [3.63, 3.8) is 0 Å². The highest BCUT2D eigenvalue weighted by Gasteiger charge is 2.16. The lowest BCUT2D eigenvalue weighted by Gasteiger charge is -2.08. The Kier molecular flexibility index (Phi) is 6.56. The van der Waals surface area contributed by atoms with Crippen molar-refractivity contribution in [1.82, 2.24) is 0 Å². The fourth-order valence-corrected chi connectivity index (χ4v) is 2.23. The molecule has 2 N–H and O–H groups in total. The van der Waals surface area contributed by atoms with Gasteiger partial charge in [-0.1, -0.05) is 42.4 Å². The number of carbonyl (C=O) groups excluding carboxylic acids is 2. The van der Waals surface area contributed by atoms with Crippen LogP contribution in [0.25, 0.3) is 0 Å². The molecular weight excluding hydrogens is 322 g/mol. The summed E-state index contributed by atoms with van der Waals surface area (Å²) in [4.78, 5) is 29.3. The van der Waals surface area contributed by atoms with Crippen molar-refractivity contribution in [3.8, 4) is 0 Å². The van der Waals surface area contributed by atoms with Gasteiger partial charge in [-0.25, -0.2) is 4.79 Å². The summed E-state index contributed by atoms with van der Waals surface area (Å²) < 4.78 is 0. The van der Waals surface area contributed by atoms with Crippen molar-refractivity contribution >= 4 is 17.5 Å². The molecule has 0 aliphatic heterocycles. The molecular formula is C19H19NO5. The quantitative estimate of drug-likeness (QED) is 0.349. The lowest BCUT2D eigenvalue weighted by atomic mass is 9.99. The molecule has 0 unspecified atom stereocenters. The molecule has 0 bridgehead atoms. The Morgan fingerprint density at radius 2 is 1.64 bits per heavy atom. The van der Waals surface area contributed by atoms with Gasteiger partial charge in [0, 0.05) is 5.56 Å². The second-order valence-corrected chi connectivity index (χ2v) is 5.27. The molecule has 6 heteroatoms. The van der Waals surface area contributed by atoms with Crippen molar-refractivity contribution < 1.29 is 24.6 Å². The summed E-state index contributed by atoms with van der Waals surface area (Å²) in [5.74, 6) is -1.05. The second kappa shape index (κ2) is 8.86. The van der Waals surface area contributed by atoms with Crippen LogP contribution in [-0.2, 0) is 18.1 Å². The molecule has 0 fully saturated rings. The van der Waals surface area contributed by atoms with E-state index in [1.165, 1.54) is 12.1 Å². The van der Waals surface area contributed by atoms with Crippen LogP contribution in [0, 0.1) is 0 Å². The van der Waals surface area contributed by atoms with Crippen molar-refractivity contribution in [1.29, 1.82) is 0 Å². The Bertz CT molecular complexity index is 784. The molecule has 0 aromatic heterocycles. The lowest BCUT2D eigenvalue weighted by molar-refractivity contribution is 0.0515. The van der Waals surface area contributed by atoms with E-state index in [1.54, 1.807) is 43.3 Å². The van der Waals surface area contributed by atoms with Gasteiger partial charge in [-0.05, 0) is 35.7 Å². The largest absolute Gasteiger partial charge is 0.392 e. The smallest absolute Gasteiger partial charge is 0.365 e. The fraction of sp³-hybridized carbons (Fsp3) is 0.211. The molecule has 130 valence electrons. The Morgan fingerprint density at radius 3 is 2.24 bits per heavy atom. The van der Waals surface area contributed by atoms with Gasteiger partial charge in [0.25, 0.3) is 0 Å². The van der Waals surface area contributed by atoms with Gasteiger partial charge in [0.1, 0.15) is 5.71 Å². The molecule has 0 saturated carbocycles. The highest BCUT2D eigenvalue weighted by molar-refractivity contribution is 6.45. The van der Waals surface area contributed by atoms with Gasteiger partial charge in [0.2, 0.25) is 5.78 Å². The molecule has 6 nitrogen and oxygen atoms in total. The van der Waals surface area contributed by atoms with Gasteiger partial charge in [0.15, 0.2) is 0 Å². The normalized spacial score (nSPS) is 11.2. The number of ketones is 1. The number of hydrogen-bond acceptors (Lipinski definition) is 6.